The molecule has 0 bridgehead atoms. The third kappa shape index (κ3) is 2.81. The van der Waals surface area contributed by atoms with Gasteiger partial charge in [-0.05, 0) is 31.0 Å². The molecule has 1 fully saturated rings. The van der Waals surface area contributed by atoms with Gasteiger partial charge in [-0.1, -0.05) is 0 Å². The van der Waals surface area contributed by atoms with E-state index in [0.29, 0.717) is 17.9 Å². The molecule has 5 nitrogen and oxygen atoms in total. The summed E-state index contributed by atoms with van der Waals surface area (Å²) < 4.78 is 0. The molecular weight excluding hydrogens is 216 g/mol. The highest BCUT2D eigenvalue weighted by Crippen LogP contribution is 2.19. The first kappa shape index (κ1) is 11.6. The molecule has 5 N–H and O–H groups in total. The summed E-state index contributed by atoms with van der Waals surface area (Å²) in [5.41, 5.74) is 13.2. The number of carbonyl (C=O) groups excluding carboxylic acids is 1. The second kappa shape index (κ2) is 4.95. The van der Waals surface area contributed by atoms with Crippen molar-refractivity contribution < 1.29 is 4.79 Å². The average Bonchev–Trinajstić information content (AvgIpc) is 2.84. The number of likely N-dealkylation sites (tertiary alicyclic amines) is 1. The van der Waals surface area contributed by atoms with Crippen LogP contribution in [0, 0.1) is 0 Å². The fraction of sp³-hybridized carbons (Fsp3) is 0.417. The number of carbonyl (C=O) groups is 1. The molecule has 0 aliphatic carbocycles. The number of benzene rings is 1. The van der Waals surface area contributed by atoms with Crippen LogP contribution in [0.2, 0.25) is 0 Å². The second-order valence-corrected chi connectivity index (χ2v) is 4.29. The number of amides is 1. The number of nitrogen functional groups attached to an aromatic ring is 2. The average molecular weight is 234 g/mol. The number of nitrogens with zero attached hydrogens (tertiary/aromatic N) is 1. The molecule has 1 aliphatic rings. The number of nitrogens with two attached hydrogens (primary N) is 2. The van der Waals surface area contributed by atoms with E-state index in [4.69, 9.17) is 11.5 Å². The lowest BCUT2D eigenvalue weighted by Gasteiger charge is -2.16. The van der Waals surface area contributed by atoms with Crippen LogP contribution < -0.4 is 16.8 Å². The molecule has 1 saturated heterocycles. The van der Waals surface area contributed by atoms with Crippen LogP contribution >= 0.6 is 0 Å². The highest BCUT2D eigenvalue weighted by atomic mass is 16.2. The van der Waals surface area contributed by atoms with Crippen molar-refractivity contribution >= 4 is 23.0 Å². The third-order valence-electron chi connectivity index (χ3n) is 2.99. The standard InChI is InChI=1S/C12H18N4O/c13-10-4-3-9(7-11(10)14)15-8-12(17)16-5-1-2-6-16/h3-4,7,15H,1-2,5-6,8,13-14H2. The zero-order chi connectivity index (χ0) is 12.3. The largest absolute Gasteiger partial charge is 0.397 e. The van der Waals surface area contributed by atoms with Crippen molar-refractivity contribution in [3.63, 3.8) is 0 Å². The molecule has 92 valence electrons. The molecule has 0 aromatic heterocycles. The Hall–Kier alpha value is -1.91. The molecule has 1 aliphatic heterocycles. The van der Waals surface area contributed by atoms with Crippen molar-refractivity contribution in [3.05, 3.63) is 18.2 Å². The quantitative estimate of drug-likeness (QED) is 0.678. The van der Waals surface area contributed by atoms with Gasteiger partial charge in [-0.3, -0.25) is 4.79 Å². The van der Waals surface area contributed by atoms with E-state index in [1.807, 2.05) is 11.0 Å². The number of hydrogen-bond acceptors (Lipinski definition) is 4. The summed E-state index contributed by atoms with van der Waals surface area (Å²) in [5, 5.41) is 3.06. The molecule has 0 atom stereocenters. The van der Waals surface area contributed by atoms with Gasteiger partial charge in [-0.2, -0.15) is 0 Å². The summed E-state index contributed by atoms with van der Waals surface area (Å²) in [5.74, 6) is 0.137. The number of rotatable bonds is 3. The van der Waals surface area contributed by atoms with Crippen LogP contribution in [-0.4, -0.2) is 30.4 Å². The molecule has 1 heterocycles. The first-order chi connectivity index (χ1) is 8.16. The zero-order valence-electron chi connectivity index (χ0n) is 9.78. The van der Waals surface area contributed by atoms with E-state index < -0.39 is 0 Å². The van der Waals surface area contributed by atoms with Crippen molar-refractivity contribution in [3.8, 4) is 0 Å². The highest BCUT2D eigenvalue weighted by molar-refractivity contribution is 5.81. The summed E-state index contributed by atoms with van der Waals surface area (Å²) in [6, 6.07) is 5.30. The van der Waals surface area contributed by atoms with Crippen LogP contribution in [0.25, 0.3) is 0 Å². The minimum Gasteiger partial charge on any atom is -0.397 e. The molecule has 1 amide bonds. The van der Waals surface area contributed by atoms with Crippen LogP contribution in [0.5, 0.6) is 0 Å². The highest BCUT2D eigenvalue weighted by Gasteiger charge is 2.17. The van der Waals surface area contributed by atoms with E-state index in [0.717, 1.165) is 31.6 Å². The Morgan fingerprint density at radius 3 is 2.59 bits per heavy atom. The molecule has 5 heteroatoms. The Labute approximate surface area is 101 Å². The maximum Gasteiger partial charge on any atom is 0.241 e. The summed E-state index contributed by atoms with van der Waals surface area (Å²) in [6.45, 7) is 2.07. The van der Waals surface area contributed by atoms with Crippen molar-refractivity contribution in [1.29, 1.82) is 0 Å². The SMILES string of the molecule is Nc1ccc(NCC(=O)N2CCCC2)cc1N. The van der Waals surface area contributed by atoms with Crippen molar-refractivity contribution in [2.75, 3.05) is 36.4 Å². The molecule has 2 rings (SSSR count). The van der Waals surface area contributed by atoms with Gasteiger partial charge in [0, 0.05) is 18.8 Å². The maximum absolute atomic E-state index is 11.8. The molecule has 1 aromatic rings. The zero-order valence-corrected chi connectivity index (χ0v) is 9.78. The van der Waals surface area contributed by atoms with Crippen molar-refractivity contribution in [2.45, 2.75) is 12.8 Å². The van der Waals surface area contributed by atoms with Gasteiger partial charge >= 0.3 is 0 Å². The lowest BCUT2D eigenvalue weighted by Crippen LogP contribution is -2.32. The van der Waals surface area contributed by atoms with Gasteiger partial charge in [0.1, 0.15) is 0 Å². The predicted molar refractivity (Wildman–Crippen MR) is 69.6 cm³/mol. The summed E-state index contributed by atoms with van der Waals surface area (Å²) in [7, 11) is 0. The number of nitrogens with one attached hydrogen (secondary N) is 1. The predicted octanol–water partition coefficient (Wildman–Crippen LogP) is 0.885. The molecule has 0 unspecified atom stereocenters. The number of anilines is 3. The normalized spacial score (nSPS) is 14.9. The Bertz CT molecular complexity index is 413. The van der Waals surface area contributed by atoms with E-state index in [2.05, 4.69) is 5.32 Å². The summed E-state index contributed by atoms with van der Waals surface area (Å²) in [6.07, 6.45) is 2.22. The lowest BCUT2D eigenvalue weighted by molar-refractivity contribution is -0.128. The molecule has 1 aromatic carbocycles. The van der Waals surface area contributed by atoms with Gasteiger partial charge in [0.25, 0.3) is 0 Å². The van der Waals surface area contributed by atoms with Gasteiger partial charge in [-0.15, -0.1) is 0 Å². The topological polar surface area (TPSA) is 84.4 Å². The number of hydrogen-bond donors (Lipinski definition) is 3. The first-order valence-corrected chi connectivity index (χ1v) is 5.83. The van der Waals surface area contributed by atoms with Crippen LogP contribution in [0.3, 0.4) is 0 Å². The molecule has 0 saturated carbocycles. The summed E-state index contributed by atoms with van der Waals surface area (Å²) in [4.78, 5) is 13.7. The van der Waals surface area contributed by atoms with E-state index in [-0.39, 0.29) is 5.91 Å². The third-order valence-corrected chi connectivity index (χ3v) is 2.99. The fourth-order valence-corrected chi connectivity index (χ4v) is 1.94. The lowest BCUT2D eigenvalue weighted by atomic mass is 10.2. The second-order valence-electron chi connectivity index (χ2n) is 4.29. The fourth-order valence-electron chi connectivity index (χ4n) is 1.94. The minimum atomic E-state index is 0.137. The van der Waals surface area contributed by atoms with E-state index >= 15 is 0 Å². The first-order valence-electron chi connectivity index (χ1n) is 5.83. The van der Waals surface area contributed by atoms with Crippen molar-refractivity contribution in [1.82, 2.24) is 4.90 Å². The van der Waals surface area contributed by atoms with Gasteiger partial charge < -0.3 is 21.7 Å². The summed E-state index contributed by atoms with van der Waals surface area (Å²) >= 11 is 0. The Morgan fingerprint density at radius 2 is 1.94 bits per heavy atom. The van der Waals surface area contributed by atoms with Crippen molar-refractivity contribution in [2.24, 2.45) is 0 Å². The molecule has 0 spiro atoms. The van der Waals surface area contributed by atoms with Crippen LogP contribution in [-0.2, 0) is 4.79 Å². The van der Waals surface area contributed by atoms with Gasteiger partial charge in [0.2, 0.25) is 5.91 Å². The Morgan fingerprint density at radius 1 is 1.24 bits per heavy atom. The van der Waals surface area contributed by atoms with Crippen LogP contribution in [0.4, 0.5) is 17.1 Å². The van der Waals surface area contributed by atoms with E-state index in [1.54, 1.807) is 12.1 Å². The minimum absolute atomic E-state index is 0.137. The van der Waals surface area contributed by atoms with E-state index in [1.165, 1.54) is 0 Å². The molecule has 0 radical (unpaired) electrons. The Kier molecular flexibility index (Phi) is 3.37. The van der Waals surface area contributed by atoms with Crippen LogP contribution in [0.1, 0.15) is 12.8 Å². The maximum atomic E-state index is 11.8. The van der Waals surface area contributed by atoms with Gasteiger partial charge in [0.05, 0.1) is 17.9 Å². The Balaban J connectivity index is 1.88. The monoisotopic (exact) mass is 234 g/mol. The van der Waals surface area contributed by atoms with Crippen LogP contribution in [0.15, 0.2) is 18.2 Å². The van der Waals surface area contributed by atoms with E-state index in [9.17, 15) is 4.79 Å². The smallest absolute Gasteiger partial charge is 0.241 e. The van der Waals surface area contributed by atoms with Gasteiger partial charge in [-0.25, -0.2) is 0 Å². The van der Waals surface area contributed by atoms with Gasteiger partial charge in [0.15, 0.2) is 0 Å². The molecular formula is C12H18N4O. The molecule has 17 heavy (non-hydrogen) atoms.